The van der Waals surface area contributed by atoms with Gasteiger partial charge in [0.25, 0.3) is 11.5 Å². The topological polar surface area (TPSA) is 44.0 Å². The first kappa shape index (κ1) is 12.5. The fourth-order valence-corrected chi connectivity index (χ4v) is 1.71. The highest BCUT2D eigenvalue weighted by atomic mass is 79.9. The third-order valence-electron chi connectivity index (χ3n) is 2.37. The van der Waals surface area contributed by atoms with E-state index in [0.29, 0.717) is 4.73 Å². The summed E-state index contributed by atoms with van der Waals surface area (Å²) in [4.78, 5) is 11.8. The molecule has 18 heavy (non-hydrogen) atoms. The highest BCUT2D eigenvalue weighted by Crippen LogP contribution is 2.11. The zero-order chi connectivity index (χ0) is 13.0. The number of ketones is 1. The Morgan fingerprint density at radius 3 is 2.56 bits per heavy atom. The first-order valence-electron chi connectivity index (χ1n) is 5.33. The van der Waals surface area contributed by atoms with E-state index in [4.69, 9.17) is 0 Å². The van der Waals surface area contributed by atoms with Crippen LogP contribution in [0.4, 0.5) is 0 Å². The van der Waals surface area contributed by atoms with Crippen molar-refractivity contribution in [2.75, 3.05) is 0 Å². The maximum Gasteiger partial charge on any atom is 0.264 e. The molecular formula is C14H10BrNO2. The lowest BCUT2D eigenvalue weighted by Gasteiger charge is -1.99. The second-order valence-electron chi connectivity index (χ2n) is 3.66. The number of allylic oxidation sites excluding steroid dienone is 1. The molecule has 0 aliphatic carbocycles. The van der Waals surface area contributed by atoms with E-state index in [-0.39, 0.29) is 11.5 Å². The number of benzene rings is 1. The van der Waals surface area contributed by atoms with Crippen LogP contribution in [0.2, 0.25) is 0 Å². The normalized spacial score (nSPS) is 10.7. The van der Waals surface area contributed by atoms with Crippen molar-refractivity contribution in [3.8, 4) is 0 Å². The molecule has 0 N–H and O–H groups in total. The number of nitrogens with zero attached hydrogens (tertiary/aromatic N) is 1. The SMILES string of the molecule is O=C(/C=C\c1ccc(Br)cc1)c1cccc[n+]1[O-]. The third kappa shape index (κ3) is 3.05. The van der Waals surface area contributed by atoms with E-state index in [0.717, 1.165) is 10.0 Å². The van der Waals surface area contributed by atoms with E-state index in [1.54, 1.807) is 18.2 Å². The molecule has 0 unspecified atom stereocenters. The second kappa shape index (κ2) is 5.60. The summed E-state index contributed by atoms with van der Waals surface area (Å²) in [5, 5.41) is 11.4. The average Bonchev–Trinajstić information content (AvgIpc) is 2.38. The zero-order valence-corrected chi connectivity index (χ0v) is 11.0. The summed E-state index contributed by atoms with van der Waals surface area (Å²) in [6.45, 7) is 0. The number of aromatic nitrogens is 1. The van der Waals surface area contributed by atoms with Gasteiger partial charge in [0.2, 0.25) is 0 Å². The first-order valence-corrected chi connectivity index (χ1v) is 6.12. The maximum absolute atomic E-state index is 11.8. The molecule has 0 radical (unpaired) electrons. The van der Waals surface area contributed by atoms with Crippen molar-refractivity contribution in [3.05, 3.63) is 75.7 Å². The number of pyridine rings is 1. The molecule has 0 bridgehead atoms. The predicted octanol–water partition coefficient (Wildman–Crippen LogP) is 2.98. The number of hydrogen-bond donors (Lipinski definition) is 0. The van der Waals surface area contributed by atoms with Gasteiger partial charge < -0.3 is 5.21 Å². The van der Waals surface area contributed by atoms with Crippen molar-refractivity contribution in [1.29, 1.82) is 0 Å². The van der Waals surface area contributed by atoms with Gasteiger partial charge in [-0.2, -0.15) is 4.73 Å². The van der Waals surface area contributed by atoms with Crippen molar-refractivity contribution < 1.29 is 9.52 Å². The molecule has 1 aromatic carbocycles. The molecule has 0 aliphatic heterocycles. The van der Waals surface area contributed by atoms with E-state index in [1.165, 1.54) is 18.3 Å². The Balaban J connectivity index is 2.17. The van der Waals surface area contributed by atoms with Crippen LogP contribution >= 0.6 is 15.9 Å². The summed E-state index contributed by atoms with van der Waals surface area (Å²) in [6.07, 6.45) is 4.38. The van der Waals surface area contributed by atoms with Crippen molar-refractivity contribution in [1.82, 2.24) is 0 Å². The van der Waals surface area contributed by atoms with Crippen LogP contribution < -0.4 is 4.73 Å². The Morgan fingerprint density at radius 2 is 1.89 bits per heavy atom. The molecule has 2 rings (SSSR count). The van der Waals surface area contributed by atoms with Crippen LogP contribution in [0, 0.1) is 5.21 Å². The largest absolute Gasteiger partial charge is 0.618 e. The van der Waals surface area contributed by atoms with Gasteiger partial charge in [-0.3, -0.25) is 4.79 Å². The Labute approximate surface area is 113 Å². The predicted molar refractivity (Wildman–Crippen MR) is 72.9 cm³/mol. The minimum absolute atomic E-state index is 0.117. The molecule has 3 nitrogen and oxygen atoms in total. The quantitative estimate of drug-likeness (QED) is 0.379. The van der Waals surface area contributed by atoms with Gasteiger partial charge in [0, 0.05) is 16.6 Å². The monoisotopic (exact) mass is 303 g/mol. The van der Waals surface area contributed by atoms with Crippen LogP contribution in [-0.2, 0) is 0 Å². The molecule has 0 amide bonds. The maximum atomic E-state index is 11.8. The lowest BCUT2D eigenvalue weighted by atomic mass is 10.1. The zero-order valence-electron chi connectivity index (χ0n) is 9.42. The minimum Gasteiger partial charge on any atom is -0.618 e. The van der Waals surface area contributed by atoms with Crippen LogP contribution in [0.1, 0.15) is 16.1 Å². The summed E-state index contributed by atoms with van der Waals surface area (Å²) >= 11 is 3.34. The first-order chi connectivity index (χ1) is 8.66. The lowest BCUT2D eigenvalue weighted by Crippen LogP contribution is -2.33. The van der Waals surface area contributed by atoms with Gasteiger partial charge in [-0.05, 0) is 29.8 Å². The number of hydrogen-bond acceptors (Lipinski definition) is 2. The number of rotatable bonds is 3. The van der Waals surface area contributed by atoms with E-state index in [2.05, 4.69) is 15.9 Å². The van der Waals surface area contributed by atoms with Crippen LogP contribution in [0.15, 0.2) is 59.2 Å². The van der Waals surface area contributed by atoms with Crippen molar-refractivity contribution in [3.63, 3.8) is 0 Å². The Kier molecular flexibility index (Phi) is 3.89. The van der Waals surface area contributed by atoms with Gasteiger partial charge in [0.15, 0.2) is 6.20 Å². The fourth-order valence-electron chi connectivity index (χ4n) is 1.45. The molecular weight excluding hydrogens is 294 g/mol. The molecule has 0 saturated carbocycles. The van der Waals surface area contributed by atoms with Crippen molar-refractivity contribution in [2.24, 2.45) is 0 Å². The van der Waals surface area contributed by atoms with Gasteiger partial charge in [-0.15, -0.1) is 0 Å². The molecule has 0 spiro atoms. The second-order valence-corrected chi connectivity index (χ2v) is 4.58. The highest BCUT2D eigenvalue weighted by molar-refractivity contribution is 9.10. The highest BCUT2D eigenvalue weighted by Gasteiger charge is 2.10. The molecule has 4 heteroatoms. The summed E-state index contributed by atoms with van der Waals surface area (Å²) < 4.78 is 1.54. The lowest BCUT2D eigenvalue weighted by molar-refractivity contribution is -0.607. The molecule has 2 aromatic rings. The number of carbonyl (C=O) groups excluding carboxylic acids is 1. The van der Waals surface area contributed by atoms with Gasteiger partial charge in [0.1, 0.15) is 0 Å². The van der Waals surface area contributed by atoms with E-state index >= 15 is 0 Å². The van der Waals surface area contributed by atoms with Crippen molar-refractivity contribution >= 4 is 27.8 Å². The summed E-state index contributed by atoms with van der Waals surface area (Å²) in [6, 6.07) is 12.3. The molecule has 0 saturated heterocycles. The standard InChI is InChI=1S/C14H10BrNO2/c15-12-7-4-11(5-8-12)6-9-14(17)13-3-1-2-10-16(13)18/h1-10H/b9-6-. The number of halogens is 1. The Hall–Kier alpha value is -1.94. The van der Waals surface area contributed by atoms with Gasteiger partial charge in [-0.1, -0.05) is 34.1 Å². The van der Waals surface area contributed by atoms with E-state index in [1.807, 2.05) is 24.3 Å². The molecule has 0 atom stereocenters. The van der Waals surface area contributed by atoms with E-state index in [9.17, 15) is 10.0 Å². The molecule has 1 heterocycles. The smallest absolute Gasteiger partial charge is 0.264 e. The Bertz CT molecular complexity index is 591. The van der Waals surface area contributed by atoms with Crippen molar-refractivity contribution in [2.45, 2.75) is 0 Å². The Morgan fingerprint density at radius 1 is 1.17 bits per heavy atom. The molecule has 90 valence electrons. The third-order valence-corrected chi connectivity index (χ3v) is 2.90. The summed E-state index contributed by atoms with van der Waals surface area (Å²) in [5.74, 6) is -0.312. The van der Waals surface area contributed by atoms with Gasteiger partial charge in [-0.25, -0.2) is 0 Å². The van der Waals surface area contributed by atoms with Crippen LogP contribution in [0.25, 0.3) is 6.08 Å². The molecule has 0 aliphatic rings. The number of carbonyl (C=O) groups is 1. The summed E-state index contributed by atoms with van der Waals surface area (Å²) in [5.41, 5.74) is 1.02. The molecule has 1 aromatic heterocycles. The molecule has 0 fully saturated rings. The average molecular weight is 304 g/mol. The van der Waals surface area contributed by atoms with Crippen LogP contribution in [0.3, 0.4) is 0 Å². The van der Waals surface area contributed by atoms with E-state index < -0.39 is 0 Å². The van der Waals surface area contributed by atoms with Crippen LogP contribution in [-0.4, -0.2) is 5.78 Å². The minimum atomic E-state index is -0.312. The summed E-state index contributed by atoms with van der Waals surface area (Å²) in [7, 11) is 0. The fraction of sp³-hybridized carbons (Fsp3) is 0. The van der Waals surface area contributed by atoms with Crippen LogP contribution in [0.5, 0.6) is 0 Å². The van der Waals surface area contributed by atoms with Gasteiger partial charge in [0.05, 0.1) is 0 Å². The van der Waals surface area contributed by atoms with Gasteiger partial charge >= 0.3 is 0 Å².